The van der Waals surface area contributed by atoms with Gasteiger partial charge in [-0.25, -0.2) is 13.4 Å². The van der Waals surface area contributed by atoms with Crippen LogP contribution in [0.4, 0.5) is 10.8 Å². The summed E-state index contributed by atoms with van der Waals surface area (Å²) in [6.07, 6.45) is 18.1. The smallest absolute Gasteiger partial charge is 0.263 e. The van der Waals surface area contributed by atoms with Gasteiger partial charge < -0.3 is 16.0 Å². The Morgan fingerprint density at radius 1 is 1.10 bits per heavy atom. The third-order valence-electron chi connectivity index (χ3n) is 6.83. The molecule has 2 aromatic rings. The zero-order valence-electron chi connectivity index (χ0n) is 22.4. The first-order valence-corrected chi connectivity index (χ1v) is 16.0. The van der Waals surface area contributed by atoms with E-state index in [1.807, 2.05) is 31.2 Å². The topological polar surface area (TPSA) is 129 Å². The summed E-state index contributed by atoms with van der Waals surface area (Å²) in [5, 5.41) is 9.90. The molecule has 4 N–H and O–H groups in total. The average molecular weight is 580 g/mol. The van der Waals surface area contributed by atoms with Crippen molar-refractivity contribution < 1.29 is 18.0 Å². The van der Waals surface area contributed by atoms with Crippen LogP contribution in [0, 0.1) is 12.8 Å². The molecule has 210 valence electrons. The molecule has 0 aliphatic heterocycles. The number of amides is 2. The van der Waals surface area contributed by atoms with Crippen LogP contribution >= 0.6 is 11.3 Å². The van der Waals surface area contributed by atoms with Crippen molar-refractivity contribution in [2.24, 2.45) is 5.92 Å². The Kier molecular flexibility index (Phi) is 8.22. The van der Waals surface area contributed by atoms with Crippen LogP contribution in [-0.4, -0.2) is 44.1 Å². The Hall–Kier alpha value is -3.70. The molecule has 9 nitrogen and oxygen atoms in total. The quantitative estimate of drug-likeness (QED) is 0.330. The molecule has 1 aromatic carbocycles. The minimum absolute atomic E-state index is 0.109. The molecule has 0 spiro atoms. The summed E-state index contributed by atoms with van der Waals surface area (Å²) >= 11 is 1.24. The molecule has 40 heavy (non-hydrogen) atoms. The normalized spacial score (nSPS) is 20.1. The number of carbonyl (C=O) groups excluding carboxylic acids is 2. The first-order chi connectivity index (χ1) is 19.1. The molecule has 2 atom stereocenters. The lowest BCUT2D eigenvalue weighted by molar-refractivity contribution is 0.0943. The summed E-state index contributed by atoms with van der Waals surface area (Å²) in [5.74, 6) is -0.408. The lowest BCUT2D eigenvalue weighted by Crippen LogP contribution is -2.29. The molecular weight excluding hydrogens is 546 g/mol. The summed E-state index contributed by atoms with van der Waals surface area (Å²) in [7, 11) is -3.46. The number of aromatic nitrogens is 1. The van der Waals surface area contributed by atoms with E-state index in [0.29, 0.717) is 39.9 Å². The van der Waals surface area contributed by atoms with Gasteiger partial charge in [0.25, 0.3) is 11.8 Å². The van der Waals surface area contributed by atoms with Gasteiger partial charge >= 0.3 is 0 Å². The molecule has 1 fully saturated rings. The second-order valence-corrected chi connectivity index (χ2v) is 13.1. The SMILES string of the molecule is Cc1ccc(C(=O)NC2CC2)cc1Nc1nc(C2C=C(NS(C)(=O)=O)C=CC2)c(C(=O)NCC2C=CC=CC2)s1. The molecule has 11 heteroatoms. The van der Waals surface area contributed by atoms with Crippen LogP contribution in [0.25, 0.3) is 0 Å². The van der Waals surface area contributed by atoms with Crippen LogP contribution in [-0.2, 0) is 10.0 Å². The van der Waals surface area contributed by atoms with Crippen molar-refractivity contribution in [2.45, 2.75) is 44.6 Å². The van der Waals surface area contributed by atoms with E-state index in [2.05, 4.69) is 32.8 Å². The van der Waals surface area contributed by atoms with E-state index in [0.717, 1.165) is 36.8 Å². The molecule has 3 aliphatic rings. The number of hydrogen-bond donors (Lipinski definition) is 4. The van der Waals surface area contributed by atoms with E-state index >= 15 is 0 Å². The molecule has 1 heterocycles. The Morgan fingerprint density at radius 3 is 2.65 bits per heavy atom. The molecule has 3 aliphatic carbocycles. The van der Waals surface area contributed by atoms with Crippen molar-refractivity contribution >= 4 is 44.0 Å². The highest BCUT2D eigenvalue weighted by Gasteiger charge is 2.27. The van der Waals surface area contributed by atoms with Gasteiger partial charge in [-0.2, -0.15) is 0 Å². The number of thiazole rings is 1. The second kappa shape index (κ2) is 11.8. The van der Waals surface area contributed by atoms with E-state index in [1.165, 1.54) is 11.3 Å². The fraction of sp³-hybridized carbons (Fsp3) is 0.345. The van der Waals surface area contributed by atoms with Gasteiger partial charge in [-0.15, -0.1) is 0 Å². The number of benzene rings is 1. The number of anilines is 2. The fourth-order valence-electron chi connectivity index (χ4n) is 4.55. The third-order valence-corrected chi connectivity index (χ3v) is 8.42. The van der Waals surface area contributed by atoms with Gasteiger partial charge in [0.15, 0.2) is 5.13 Å². The summed E-state index contributed by atoms with van der Waals surface area (Å²) < 4.78 is 26.2. The maximum atomic E-state index is 13.4. The van der Waals surface area contributed by atoms with Crippen molar-refractivity contribution in [3.8, 4) is 0 Å². The zero-order valence-corrected chi connectivity index (χ0v) is 24.1. The van der Waals surface area contributed by atoms with Gasteiger partial charge in [-0.3, -0.25) is 14.3 Å². The van der Waals surface area contributed by atoms with Crippen molar-refractivity contribution in [2.75, 3.05) is 18.1 Å². The van der Waals surface area contributed by atoms with E-state index in [9.17, 15) is 18.0 Å². The number of nitrogens with zero attached hydrogens (tertiary/aromatic N) is 1. The largest absolute Gasteiger partial charge is 0.351 e. The molecule has 0 saturated heterocycles. The van der Waals surface area contributed by atoms with E-state index < -0.39 is 10.0 Å². The van der Waals surface area contributed by atoms with Crippen molar-refractivity contribution in [3.05, 3.63) is 88.1 Å². The van der Waals surface area contributed by atoms with Crippen LogP contribution in [0.1, 0.15) is 62.9 Å². The Morgan fingerprint density at radius 2 is 1.93 bits per heavy atom. The molecular formula is C29H33N5O4S2. The van der Waals surface area contributed by atoms with E-state index in [-0.39, 0.29) is 29.7 Å². The average Bonchev–Trinajstić information content (AvgIpc) is 3.63. The summed E-state index contributed by atoms with van der Waals surface area (Å²) in [6.45, 7) is 2.44. The molecule has 2 amide bonds. The molecule has 5 rings (SSSR count). The standard InChI is InChI=1S/C29H33N5O4S2/c1-18-11-12-21(27(35)31-22-13-14-22)16-24(18)32-29-33-25(20-9-6-10-23(15-20)34-40(2,37)38)26(39-29)28(36)30-17-19-7-4-3-5-8-19/h3-7,10-12,15-16,19-20,22,34H,8-9,13-14,17H2,1-2H3,(H,30,36)(H,31,35)(H,32,33). The number of allylic oxidation sites excluding steroid dienone is 6. The predicted octanol–water partition coefficient (Wildman–Crippen LogP) is 4.43. The highest BCUT2D eigenvalue weighted by atomic mass is 32.2. The zero-order chi connectivity index (χ0) is 28.3. The molecule has 1 aromatic heterocycles. The van der Waals surface area contributed by atoms with Crippen molar-refractivity contribution in [3.63, 3.8) is 0 Å². The highest BCUT2D eigenvalue weighted by molar-refractivity contribution is 7.88. The van der Waals surface area contributed by atoms with Crippen molar-refractivity contribution in [1.29, 1.82) is 0 Å². The molecule has 0 bridgehead atoms. The Balaban J connectivity index is 1.41. The minimum Gasteiger partial charge on any atom is -0.351 e. The molecule has 2 unspecified atom stereocenters. The number of carbonyl (C=O) groups is 2. The summed E-state index contributed by atoms with van der Waals surface area (Å²) in [4.78, 5) is 31.3. The van der Waals surface area contributed by atoms with E-state index in [4.69, 9.17) is 4.98 Å². The first kappa shape index (κ1) is 27.9. The monoisotopic (exact) mass is 579 g/mol. The Bertz CT molecular complexity index is 1530. The van der Waals surface area contributed by atoms with Crippen LogP contribution < -0.4 is 20.7 Å². The van der Waals surface area contributed by atoms with Gasteiger partial charge in [0.1, 0.15) is 4.88 Å². The van der Waals surface area contributed by atoms with Crippen LogP contribution in [0.5, 0.6) is 0 Å². The second-order valence-electron chi connectivity index (χ2n) is 10.4. The van der Waals surface area contributed by atoms with Crippen LogP contribution in [0.2, 0.25) is 0 Å². The summed E-state index contributed by atoms with van der Waals surface area (Å²) in [6, 6.07) is 5.74. The van der Waals surface area contributed by atoms with Crippen molar-refractivity contribution in [1.82, 2.24) is 20.3 Å². The third kappa shape index (κ3) is 7.28. The van der Waals surface area contributed by atoms with Gasteiger partial charge in [0.2, 0.25) is 10.0 Å². The van der Waals surface area contributed by atoms with Gasteiger partial charge in [0, 0.05) is 35.5 Å². The maximum Gasteiger partial charge on any atom is 0.263 e. The van der Waals surface area contributed by atoms with Gasteiger partial charge in [0.05, 0.1) is 11.9 Å². The number of aryl methyl sites for hydroxylation is 1. The Labute approximate surface area is 238 Å². The minimum atomic E-state index is -3.46. The fourth-order valence-corrected chi connectivity index (χ4v) is 6.08. The molecule has 0 radical (unpaired) electrons. The van der Waals surface area contributed by atoms with Crippen LogP contribution in [0.15, 0.2) is 66.4 Å². The van der Waals surface area contributed by atoms with Crippen LogP contribution in [0.3, 0.4) is 0 Å². The number of rotatable bonds is 10. The summed E-state index contributed by atoms with van der Waals surface area (Å²) in [5.41, 5.74) is 3.23. The number of hydrogen-bond acceptors (Lipinski definition) is 7. The van der Waals surface area contributed by atoms with Gasteiger partial charge in [-0.05, 0) is 62.3 Å². The predicted molar refractivity (Wildman–Crippen MR) is 158 cm³/mol. The van der Waals surface area contributed by atoms with E-state index in [1.54, 1.807) is 24.3 Å². The number of nitrogens with one attached hydrogen (secondary N) is 4. The maximum absolute atomic E-state index is 13.4. The highest BCUT2D eigenvalue weighted by Crippen LogP contribution is 2.36. The van der Waals surface area contributed by atoms with Gasteiger partial charge in [-0.1, -0.05) is 53.9 Å². The number of sulfonamides is 1. The molecule has 1 saturated carbocycles. The first-order valence-electron chi connectivity index (χ1n) is 13.3. The lowest BCUT2D eigenvalue weighted by atomic mass is 9.95. The lowest BCUT2D eigenvalue weighted by Gasteiger charge is -2.17.